The molecule has 0 aromatic heterocycles. The molecule has 0 saturated carbocycles. The SMILES string of the molecule is COc1cc(OC)c(C(=O)N2CC(C)NC(C)C2)cc1OC.Cl. The zero-order valence-corrected chi connectivity index (χ0v) is 15.0. The van der Waals surface area contributed by atoms with Gasteiger partial charge in [0.1, 0.15) is 5.75 Å². The van der Waals surface area contributed by atoms with Gasteiger partial charge in [0.2, 0.25) is 0 Å². The highest BCUT2D eigenvalue weighted by Crippen LogP contribution is 2.35. The van der Waals surface area contributed by atoms with Crippen LogP contribution in [-0.2, 0) is 0 Å². The van der Waals surface area contributed by atoms with Gasteiger partial charge in [-0.05, 0) is 13.8 Å². The van der Waals surface area contributed by atoms with Crippen molar-refractivity contribution in [3.8, 4) is 17.2 Å². The van der Waals surface area contributed by atoms with Gasteiger partial charge >= 0.3 is 0 Å². The number of hydrogen-bond acceptors (Lipinski definition) is 5. The number of nitrogens with zero attached hydrogens (tertiary/aromatic N) is 1. The van der Waals surface area contributed by atoms with Crippen LogP contribution in [0.3, 0.4) is 0 Å². The maximum absolute atomic E-state index is 12.9. The van der Waals surface area contributed by atoms with Crippen LogP contribution in [0.25, 0.3) is 0 Å². The van der Waals surface area contributed by atoms with Crippen molar-refractivity contribution in [3.63, 3.8) is 0 Å². The summed E-state index contributed by atoms with van der Waals surface area (Å²) in [6, 6.07) is 3.89. The monoisotopic (exact) mass is 344 g/mol. The van der Waals surface area contributed by atoms with Crippen LogP contribution in [0.15, 0.2) is 12.1 Å². The molecule has 1 amide bonds. The van der Waals surface area contributed by atoms with Crippen molar-refractivity contribution in [2.75, 3.05) is 34.4 Å². The van der Waals surface area contributed by atoms with Gasteiger partial charge in [-0.25, -0.2) is 0 Å². The zero-order valence-electron chi connectivity index (χ0n) is 14.2. The number of ether oxygens (including phenoxy) is 3. The fourth-order valence-corrected chi connectivity index (χ4v) is 2.86. The first-order chi connectivity index (χ1) is 10.5. The van der Waals surface area contributed by atoms with Crippen LogP contribution in [0.5, 0.6) is 17.2 Å². The van der Waals surface area contributed by atoms with Crippen molar-refractivity contribution < 1.29 is 19.0 Å². The van der Waals surface area contributed by atoms with Crippen molar-refractivity contribution in [3.05, 3.63) is 17.7 Å². The quantitative estimate of drug-likeness (QED) is 0.904. The lowest BCUT2D eigenvalue weighted by atomic mass is 10.1. The predicted octanol–water partition coefficient (Wildman–Crippen LogP) is 1.96. The summed E-state index contributed by atoms with van der Waals surface area (Å²) in [6.07, 6.45) is 0. The molecular weight excluding hydrogens is 320 g/mol. The number of methoxy groups -OCH3 is 3. The summed E-state index contributed by atoms with van der Waals surface area (Å²) in [4.78, 5) is 14.7. The topological polar surface area (TPSA) is 60.0 Å². The summed E-state index contributed by atoms with van der Waals surface area (Å²) in [7, 11) is 4.65. The molecule has 1 aliphatic rings. The third-order valence-corrected chi connectivity index (χ3v) is 3.78. The second-order valence-electron chi connectivity index (χ2n) is 5.59. The van der Waals surface area contributed by atoms with Crippen LogP contribution in [0.2, 0.25) is 0 Å². The Morgan fingerprint density at radius 1 is 1.00 bits per heavy atom. The Labute approximate surface area is 143 Å². The number of amides is 1. The van der Waals surface area contributed by atoms with Gasteiger partial charge in [-0.2, -0.15) is 0 Å². The average molecular weight is 345 g/mol. The number of carbonyl (C=O) groups excluding carboxylic acids is 1. The molecular formula is C16H25ClN2O4. The first-order valence-corrected chi connectivity index (χ1v) is 7.35. The van der Waals surface area contributed by atoms with Gasteiger partial charge in [-0.1, -0.05) is 0 Å². The van der Waals surface area contributed by atoms with Gasteiger partial charge in [-0.3, -0.25) is 4.79 Å². The molecule has 1 N–H and O–H groups in total. The fourth-order valence-electron chi connectivity index (χ4n) is 2.86. The van der Waals surface area contributed by atoms with E-state index in [1.165, 1.54) is 0 Å². The first kappa shape index (κ1) is 19.4. The van der Waals surface area contributed by atoms with E-state index in [0.29, 0.717) is 35.9 Å². The van der Waals surface area contributed by atoms with Crippen LogP contribution < -0.4 is 19.5 Å². The van der Waals surface area contributed by atoms with Crippen LogP contribution in [-0.4, -0.2) is 57.3 Å². The molecule has 1 aliphatic heterocycles. The minimum Gasteiger partial charge on any atom is -0.496 e. The second-order valence-corrected chi connectivity index (χ2v) is 5.59. The normalized spacial score (nSPS) is 20.5. The van der Waals surface area contributed by atoms with Crippen molar-refractivity contribution in [1.82, 2.24) is 10.2 Å². The van der Waals surface area contributed by atoms with Crippen LogP contribution in [0.1, 0.15) is 24.2 Å². The van der Waals surface area contributed by atoms with E-state index in [1.807, 2.05) is 4.90 Å². The van der Waals surface area contributed by atoms with E-state index in [9.17, 15) is 4.79 Å². The summed E-state index contributed by atoms with van der Waals surface area (Å²) < 4.78 is 15.9. The number of hydrogen-bond donors (Lipinski definition) is 1. The molecule has 23 heavy (non-hydrogen) atoms. The molecule has 0 radical (unpaired) electrons. The van der Waals surface area contributed by atoms with Gasteiger partial charge in [0.25, 0.3) is 5.91 Å². The van der Waals surface area contributed by atoms with Gasteiger partial charge < -0.3 is 24.4 Å². The number of nitrogens with one attached hydrogen (secondary N) is 1. The van der Waals surface area contributed by atoms with E-state index in [0.717, 1.165) is 0 Å². The van der Waals surface area contributed by atoms with Gasteiger partial charge in [0.05, 0.1) is 26.9 Å². The molecule has 1 aromatic rings. The molecule has 0 spiro atoms. The second kappa shape index (κ2) is 8.26. The summed E-state index contributed by atoms with van der Waals surface area (Å²) >= 11 is 0. The third-order valence-electron chi connectivity index (χ3n) is 3.78. The Kier molecular flexibility index (Phi) is 6.97. The van der Waals surface area contributed by atoms with Gasteiger partial charge in [0, 0.05) is 37.3 Å². The molecule has 7 heteroatoms. The largest absolute Gasteiger partial charge is 0.496 e. The molecule has 2 unspecified atom stereocenters. The number of halogens is 1. The van der Waals surface area contributed by atoms with Crippen molar-refractivity contribution in [1.29, 1.82) is 0 Å². The molecule has 1 fully saturated rings. The molecule has 1 aromatic carbocycles. The lowest BCUT2D eigenvalue weighted by Gasteiger charge is -2.36. The molecule has 0 aliphatic carbocycles. The first-order valence-electron chi connectivity index (χ1n) is 7.35. The molecule has 2 rings (SSSR count). The Balaban J connectivity index is 0.00000264. The maximum Gasteiger partial charge on any atom is 0.257 e. The van der Waals surface area contributed by atoms with Crippen molar-refractivity contribution in [2.45, 2.75) is 25.9 Å². The van der Waals surface area contributed by atoms with E-state index in [4.69, 9.17) is 14.2 Å². The van der Waals surface area contributed by atoms with Crippen LogP contribution in [0, 0.1) is 0 Å². The number of carbonyl (C=O) groups is 1. The van der Waals surface area contributed by atoms with Gasteiger partial charge in [0.15, 0.2) is 11.5 Å². The molecule has 130 valence electrons. The summed E-state index contributed by atoms with van der Waals surface area (Å²) in [5.74, 6) is 1.49. The third kappa shape index (κ3) is 4.20. The Hall–Kier alpha value is -1.66. The lowest BCUT2D eigenvalue weighted by Crippen LogP contribution is -2.55. The number of rotatable bonds is 4. The minimum absolute atomic E-state index is 0. The highest BCUT2D eigenvalue weighted by Gasteiger charge is 2.28. The van der Waals surface area contributed by atoms with Crippen LogP contribution in [0.4, 0.5) is 0 Å². The number of piperazine rings is 1. The van der Waals surface area contributed by atoms with Crippen LogP contribution >= 0.6 is 12.4 Å². The Bertz CT molecular complexity index is 543. The van der Waals surface area contributed by atoms with Crippen molar-refractivity contribution >= 4 is 18.3 Å². The highest BCUT2D eigenvalue weighted by molar-refractivity contribution is 5.98. The minimum atomic E-state index is -0.0574. The van der Waals surface area contributed by atoms with E-state index >= 15 is 0 Å². The lowest BCUT2D eigenvalue weighted by molar-refractivity contribution is 0.0670. The highest BCUT2D eigenvalue weighted by atomic mass is 35.5. The van der Waals surface area contributed by atoms with E-state index in [2.05, 4.69) is 19.2 Å². The van der Waals surface area contributed by atoms with E-state index < -0.39 is 0 Å². The molecule has 0 bridgehead atoms. The summed E-state index contributed by atoms with van der Waals surface area (Å²) in [5, 5.41) is 3.42. The molecule has 2 atom stereocenters. The smallest absolute Gasteiger partial charge is 0.257 e. The van der Waals surface area contributed by atoms with Crippen molar-refractivity contribution in [2.24, 2.45) is 0 Å². The molecule has 1 saturated heterocycles. The Morgan fingerprint density at radius 3 is 1.96 bits per heavy atom. The Morgan fingerprint density at radius 2 is 1.48 bits per heavy atom. The number of benzene rings is 1. The average Bonchev–Trinajstić information content (AvgIpc) is 2.51. The van der Waals surface area contributed by atoms with E-state index in [1.54, 1.807) is 33.5 Å². The zero-order chi connectivity index (χ0) is 16.3. The maximum atomic E-state index is 12.9. The fraction of sp³-hybridized carbons (Fsp3) is 0.562. The summed E-state index contributed by atoms with van der Waals surface area (Å²) in [6.45, 7) is 5.48. The standard InChI is InChI=1S/C16H24N2O4.ClH/c1-10-8-18(9-11(2)17-10)16(19)12-6-14(21-4)15(22-5)7-13(12)20-3;/h6-7,10-11,17H,8-9H2,1-5H3;1H. The molecule has 6 nitrogen and oxygen atoms in total. The predicted molar refractivity (Wildman–Crippen MR) is 91.3 cm³/mol. The van der Waals surface area contributed by atoms with E-state index in [-0.39, 0.29) is 30.4 Å². The molecule has 1 heterocycles. The van der Waals surface area contributed by atoms with Gasteiger partial charge in [-0.15, -0.1) is 12.4 Å². The summed E-state index contributed by atoms with van der Waals surface area (Å²) in [5.41, 5.74) is 0.487.